The second-order valence-corrected chi connectivity index (χ2v) is 7.64. The lowest BCUT2D eigenvalue weighted by atomic mass is 10.1. The van der Waals surface area contributed by atoms with Crippen molar-refractivity contribution in [3.63, 3.8) is 0 Å². The first-order valence-electron chi connectivity index (χ1n) is 9.36. The Hall–Kier alpha value is -2.78. The SMILES string of the molecule is COC(=O)[C@@H]1C[C@H](NC(=O)c2cc(C(F)(F)F)ccc2Cl)CN1Cc1cccc(O)c1. The summed E-state index contributed by atoms with van der Waals surface area (Å²) in [5.74, 6) is -1.17. The van der Waals surface area contributed by atoms with Gasteiger partial charge in [0.25, 0.3) is 5.91 Å². The van der Waals surface area contributed by atoms with E-state index in [1.807, 2.05) is 0 Å². The van der Waals surface area contributed by atoms with Crippen molar-refractivity contribution in [2.75, 3.05) is 13.7 Å². The van der Waals surface area contributed by atoms with Gasteiger partial charge in [0.1, 0.15) is 11.8 Å². The molecule has 2 N–H and O–H groups in total. The number of carbonyl (C=O) groups excluding carboxylic acids is 2. The maximum absolute atomic E-state index is 13.0. The van der Waals surface area contributed by atoms with Crippen molar-refractivity contribution >= 4 is 23.5 Å². The molecule has 3 rings (SSSR count). The molecule has 0 saturated carbocycles. The number of hydrogen-bond donors (Lipinski definition) is 2. The number of halogens is 4. The Morgan fingerprint density at radius 1 is 1.26 bits per heavy atom. The molecule has 2 aromatic carbocycles. The highest BCUT2D eigenvalue weighted by atomic mass is 35.5. The zero-order valence-corrected chi connectivity index (χ0v) is 17.2. The van der Waals surface area contributed by atoms with Gasteiger partial charge in [0.2, 0.25) is 0 Å². The van der Waals surface area contributed by atoms with E-state index in [0.717, 1.165) is 17.7 Å². The molecule has 6 nitrogen and oxygen atoms in total. The Balaban J connectivity index is 1.76. The zero-order chi connectivity index (χ0) is 22.8. The molecule has 1 saturated heterocycles. The van der Waals surface area contributed by atoms with Gasteiger partial charge in [-0.1, -0.05) is 23.7 Å². The summed E-state index contributed by atoms with van der Waals surface area (Å²) in [6.07, 6.45) is -4.39. The van der Waals surface area contributed by atoms with E-state index >= 15 is 0 Å². The average molecular weight is 457 g/mol. The Kier molecular flexibility index (Phi) is 6.76. The van der Waals surface area contributed by atoms with Crippen molar-refractivity contribution in [2.24, 2.45) is 0 Å². The number of aromatic hydroxyl groups is 1. The number of esters is 1. The molecule has 0 unspecified atom stereocenters. The van der Waals surface area contributed by atoms with Crippen LogP contribution in [0.2, 0.25) is 5.02 Å². The van der Waals surface area contributed by atoms with E-state index in [1.165, 1.54) is 13.2 Å². The number of amides is 1. The van der Waals surface area contributed by atoms with Gasteiger partial charge in [-0.2, -0.15) is 13.2 Å². The highest BCUT2D eigenvalue weighted by molar-refractivity contribution is 6.33. The standard InChI is InChI=1S/C21H20ClF3N2O4/c1-31-20(30)18-9-14(11-27(18)10-12-3-2-4-15(28)7-12)26-19(29)16-8-13(21(23,24)25)5-6-17(16)22/h2-8,14,18,28H,9-11H2,1H3,(H,26,29)/t14-,18-/m0/s1. The number of alkyl halides is 3. The predicted molar refractivity (Wildman–Crippen MR) is 107 cm³/mol. The second-order valence-electron chi connectivity index (χ2n) is 7.24. The van der Waals surface area contributed by atoms with Crippen LogP contribution in [-0.2, 0) is 22.3 Å². The van der Waals surface area contributed by atoms with Gasteiger partial charge >= 0.3 is 12.1 Å². The Morgan fingerprint density at radius 3 is 2.65 bits per heavy atom. The number of ether oxygens (including phenoxy) is 1. The van der Waals surface area contributed by atoms with Gasteiger partial charge in [0, 0.05) is 19.1 Å². The van der Waals surface area contributed by atoms with Crippen LogP contribution in [0.25, 0.3) is 0 Å². The summed E-state index contributed by atoms with van der Waals surface area (Å²) < 4.78 is 43.8. The van der Waals surface area contributed by atoms with Crippen LogP contribution in [0, 0.1) is 0 Å². The van der Waals surface area contributed by atoms with Crippen molar-refractivity contribution in [3.05, 3.63) is 64.2 Å². The minimum atomic E-state index is -4.61. The van der Waals surface area contributed by atoms with Crippen LogP contribution < -0.4 is 5.32 Å². The van der Waals surface area contributed by atoms with Crippen LogP contribution in [0.5, 0.6) is 5.75 Å². The Labute approximate surface area is 181 Å². The molecule has 31 heavy (non-hydrogen) atoms. The molecule has 0 bridgehead atoms. The van der Waals surface area contributed by atoms with Crippen LogP contribution in [0.1, 0.15) is 27.9 Å². The summed E-state index contributed by atoms with van der Waals surface area (Å²) in [5, 5.41) is 12.2. The molecule has 0 aliphatic carbocycles. The van der Waals surface area contributed by atoms with E-state index in [4.69, 9.17) is 16.3 Å². The molecule has 1 amide bonds. The van der Waals surface area contributed by atoms with Gasteiger partial charge in [0.05, 0.1) is 23.3 Å². The first kappa shape index (κ1) is 22.9. The fourth-order valence-corrected chi connectivity index (χ4v) is 3.80. The monoisotopic (exact) mass is 456 g/mol. The summed E-state index contributed by atoms with van der Waals surface area (Å²) in [7, 11) is 1.25. The normalized spacial score (nSPS) is 19.3. The van der Waals surface area contributed by atoms with E-state index in [2.05, 4.69) is 5.32 Å². The van der Waals surface area contributed by atoms with Gasteiger partial charge in [0.15, 0.2) is 0 Å². The lowest BCUT2D eigenvalue weighted by Crippen LogP contribution is -2.38. The molecular weight excluding hydrogens is 437 g/mol. The molecule has 166 valence electrons. The average Bonchev–Trinajstić information content (AvgIpc) is 3.08. The van der Waals surface area contributed by atoms with Crippen molar-refractivity contribution < 1.29 is 32.6 Å². The van der Waals surface area contributed by atoms with Crippen molar-refractivity contribution in [1.82, 2.24) is 10.2 Å². The number of likely N-dealkylation sites (tertiary alicyclic amines) is 1. The van der Waals surface area contributed by atoms with E-state index < -0.39 is 35.7 Å². The maximum atomic E-state index is 13.0. The third-order valence-electron chi connectivity index (χ3n) is 5.05. The van der Waals surface area contributed by atoms with Crippen LogP contribution in [0.4, 0.5) is 13.2 Å². The molecule has 1 fully saturated rings. The number of phenols is 1. The summed E-state index contributed by atoms with van der Waals surface area (Å²) in [6, 6.07) is 7.89. The van der Waals surface area contributed by atoms with Crippen LogP contribution in [0.3, 0.4) is 0 Å². The van der Waals surface area contributed by atoms with E-state index in [9.17, 15) is 27.9 Å². The Bertz CT molecular complexity index is 983. The van der Waals surface area contributed by atoms with E-state index in [0.29, 0.717) is 12.6 Å². The number of carbonyl (C=O) groups is 2. The van der Waals surface area contributed by atoms with Crippen molar-refractivity contribution in [3.8, 4) is 5.75 Å². The molecule has 10 heteroatoms. The first-order chi connectivity index (χ1) is 14.6. The number of nitrogens with zero attached hydrogens (tertiary/aromatic N) is 1. The second kappa shape index (κ2) is 9.15. The lowest BCUT2D eigenvalue weighted by Gasteiger charge is -2.22. The minimum Gasteiger partial charge on any atom is -0.508 e. The van der Waals surface area contributed by atoms with E-state index in [-0.39, 0.29) is 29.3 Å². The maximum Gasteiger partial charge on any atom is 0.416 e. The molecule has 2 atom stereocenters. The van der Waals surface area contributed by atoms with Gasteiger partial charge in [-0.15, -0.1) is 0 Å². The summed E-state index contributed by atoms with van der Waals surface area (Å²) in [5.41, 5.74) is -0.522. The number of hydrogen-bond acceptors (Lipinski definition) is 5. The zero-order valence-electron chi connectivity index (χ0n) is 16.4. The van der Waals surface area contributed by atoms with Crippen LogP contribution >= 0.6 is 11.6 Å². The molecule has 0 spiro atoms. The third-order valence-corrected chi connectivity index (χ3v) is 5.38. The smallest absolute Gasteiger partial charge is 0.416 e. The van der Waals surface area contributed by atoms with Gasteiger partial charge in [-0.25, -0.2) is 0 Å². The predicted octanol–water partition coefficient (Wildman–Crippen LogP) is 3.61. The van der Waals surface area contributed by atoms with Gasteiger partial charge in [-0.05, 0) is 42.3 Å². The number of nitrogens with one attached hydrogen (secondary N) is 1. The van der Waals surface area contributed by atoms with Crippen LogP contribution in [0.15, 0.2) is 42.5 Å². The number of phenolic OH excluding ortho intramolecular Hbond substituents is 1. The summed E-state index contributed by atoms with van der Waals surface area (Å²) in [6.45, 7) is 0.572. The molecule has 0 aromatic heterocycles. The number of rotatable bonds is 5. The fraction of sp³-hybridized carbons (Fsp3) is 0.333. The molecular formula is C21H20ClF3N2O4. The molecule has 1 aliphatic rings. The number of methoxy groups -OCH3 is 1. The van der Waals surface area contributed by atoms with Crippen molar-refractivity contribution in [1.29, 1.82) is 0 Å². The molecule has 1 aliphatic heterocycles. The minimum absolute atomic E-state index is 0.0790. The summed E-state index contributed by atoms with van der Waals surface area (Å²) >= 11 is 5.94. The molecule has 2 aromatic rings. The van der Waals surface area contributed by atoms with Gasteiger partial charge in [-0.3, -0.25) is 14.5 Å². The van der Waals surface area contributed by atoms with Crippen LogP contribution in [-0.4, -0.2) is 47.6 Å². The summed E-state index contributed by atoms with van der Waals surface area (Å²) in [4.78, 5) is 26.6. The lowest BCUT2D eigenvalue weighted by molar-refractivity contribution is -0.146. The topological polar surface area (TPSA) is 78.9 Å². The highest BCUT2D eigenvalue weighted by Crippen LogP contribution is 2.32. The highest BCUT2D eigenvalue weighted by Gasteiger charge is 2.38. The van der Waals surface area contributed by atoms with Gasteiger partial charge < -0.3 is 15.2 Å². The first-order valence-corrected chi connectivity index (χ1v) is 9.73. The van der Waals surface area contributed by atoms with E-state index in [1.54, 1.807) is 23.1 Å². The molecule has 1 heterocycles. The number of benzene rings is 2. The largest absolute Gasteiger partial charge is 0.508 e. The Morgan fingerprint density at radius 2 is 2.00 bits per heavy atom. The third kappa shape index (κ3) is 5.48. The quantitative estimate of drug-likeness (QED) is 0.672. The van der Waals surface area contributed by atoms with Crippen molar-refractivity contribution in [2.45, 2.75) is 31.2 Å². The molecule has 0 radical (unpaired) electrons. The fourth-order valence-electron chi connectivity index (χ4n) is 3.59.